The van der Waals surface area contributed by atoms with Crippen LogP contribution in [0.5, 0.6) is 0 Å². The van der Waals surface area contributed by atoms with Gasteiger partial charge in [0.1, 0.15) is 5.69 Å². The molecule has 1 aliphatic heterocycles. The number of aromatic nitrogens is 1. The van der Waals surface area contributed by atoms with Crippen LogP contribution in [0.3, 0.4) is 0 Å². The van der Waals surface area contributed by atoms with Crippen LogP contribution in [0.2, 0.25) is 0 Å². The first-order valence-electron chi connectivity index (χ1n) is 9.00. The Morgan fingerprint density at radius 2 is 2.00 bits per heavy atom. The minimum atomic E-state index is -0.196. The van der Waals surface area contributed by atoms with Crippen molar-refractivity contribution in [3.63, 3.8) is 0 Å². The quantitative estimate of drug-likeness (QED) is 0.835. The second-order valence-electron chi connectivity index (χ2n) is 6.59. The zero-order valence-electron chi connectivity index (χ0n) is 15.4. The highest BCUT2D eigenvalue weighted by atomic mass is 16.5. The number of amides is 1. The standard InChI is InChI=1S/C20H26N4O2/c1-15-3-4-16(2)19(13-15)23-20(25)18-6-5-17(14-22-18)21-7-8-24-9-11-26-12-10-24/h3-6,13-14,21H,7-12H2,1-2H3,(H,23,25). The fourth-order valence-electron chi connectivity index (χ4n) is 2.87. The molecule has 2 N–H and O–H groups in total. The summed E-state index contributed by atoms with van der Waals surface area (Å²) in [5.74, 6) is -0.196. The molecule has 26 heavy (non-hydrogen) atoms. The third kappa shape index (κ3) is 5.03. The topological polar surface area (TPSA) is 66.5 Å². The number of hydrogen-bond acceptors (Lipinski definition) is 5. The summed E-state index contributed by atoms with van der Waals surface area (Å²) in [5.41, 5.74) is 4.29. The third-order valence-corrected chi connectivity index (χ3v) is 4.50. The fourth-order valence-corrected chi connectivity index (χ4v) is 2.87. The van der Waals surface area contributed by atoms with E-state index in [1.165, 1.54) is 0 Å². The Labute approximate surface area is 154 Å². The van der Waals surface area contributed by atoms with Gasteiger partial charge in [0.2, 0.25) is 0 Å². The molecule has 0 saturated carbocycles. The van der Waals surface area contributed by atoms with Gasteiger partial charge in [-0.15, -0.1) is 0 Å². The van der Waals surface area contributed by atoms with Gasteiger partial charge >= 0.3 is 0 Å². The van der Waals surface area contributed by atoms with Gasteiger partial charge < -0.3 is 15.4 Å². The number of benzene rings is 1. The largest absolute Gasteiger partial charge is 0.383 e. The maximum absolute atomic E-state index is 12.4. The van der Waals surface area contributed by atoms with Crippen molar-refractivity contribution in [2.45, 2.75) is 13.8 Å². The van der Waals surface area contributed by atoms with Gasteiger partial charge in [-0.05, 0) is 43.2 Å². The van der Waals surface area contributed by atoms with Gasteiger partial charge in [-0.3, -0.25) is 9.69 Å². The number of pyridine rings is 1. The van der Waals surface area contributed by atoms with Crippen LogP contribution >= 0.6 is 0 Å². The highest BCUT2D eigenvalue weighted by molar-refractivity contribution is 6.03. The fraction of sp³-hybridized carbons (Fsp3) is 0.400. The van der Waals surface area contributed by atoms with Crippen molar-refractivity contribution in [2.75, 3.05) is 50.0 Å². The van der Waals surface area contributed by atoms with E-state index < -0.39 is 0 Å². The van der Waals surface area contributed by atoms with Crippen molar-refractivity contribution in [3.05, 3.63) is 53.3 Å². The Bertz CT molecular complexity index is 740. The maximum Gasteiger partial charge on any atom is 0.274 e. The number of morpholine rings is 1. The van der Waals surface area contributed by atoms with Gasteiger partial charge in [0.25, 0.3) is 5.91 Å². The van der Waals surface area contributed by atoms with E-state index in [9.17, 15) is 4.79 Å². The zero-order valence-corrected chi connectivity index (χ0v) is 15.4. The molecule has 6 heteroatoms. The second-order valence-corrected chi connectivity index (χ2v) is 6.59. The third-order valence-electron chi connectivity index (χ3n) is 4.50. The van der Waals surface area contributed by atoms with Gasteiger partial charge in [-0.2, -0.15) is 0 Å². The summed E-state index contributed by atoms with van der Waals surface area (Å²) >= 11 is 0. The van der Waals surface area contributed by atoms with Crippen molar-refractivity contribution in [1.29, 1.82) is 0 Å². The molecule has 2 heterocycles. The molecule has 1 amide bonds. The number of anilines is 2. The van der Waals surface area contributed by atoms with Gasteiger partial charge in [0.15, 0.2) is 0 Å². The van der Waals surface area contributed by atoms with Crippen LogP contribution in [0, 0.1) is 13.8 Å². The lowest BCUT2D eigenvalue weighted by molar-refractivity contribution is 0.0398. The molecule has 0 aliphatic carbocycles. The van der Waals surface area contributed by atoms with Gasteiger partial charge in [-0.25, -0.2) is 4.98 Å². The number of ether oxygens (including phenoxy) is 1. The summed E-state index contributed by atoms with van der Waals surface area (Å²) in [4.78, 5) is 19.1. The van der Waals surface area contributed by atoms with Crippen molar-refractivity contribution in [3.8, 4) is 0 Å². The monoisotopic (exact) mass is 354 g/mol. The van der Waals surface area contributed by atoms with E-state index in [0.29, 0.717) is 5.69 Å². The second kappa shape index (κ2) is 8.78. The zero-order chi connectivity index (χ0) is 18.4. The van der Waals surface area contributed by atoms with Crippen LogP contribution in [-0.4, -0.2) is 55.2 Å². The lowest BCUT2D eigenvalue weighted by Gasteiger charge is -2.26. The summed E-state index contributed by atoms with van der Waals surface area (Å²) in [6.45, 7) is 9.38. The lowest BCUT2D eigenvalue weighted by Crippen LogP contribution is -2.39. The number of carbonyl (C=O) groups excluding carboxylic acids is 1. The van der Waals surface area contributed by atoms with Gasteiger partial charge in [0, 0.05) is 31.9 Å². The molecule has 138 valence electrons. The summed E-state index contributed by atoms with van der Waals surface area (Å²) in [5, 5.41) is 6.28. The molecule has 0 radical (unpaired) electrons. The summed E-state index contributed by atoms with van der Waals surface area (Å²) in [6.07, 6.45) is 1.71. The molecule has 1 aromatic carbocycles. The molecule has 2 aromatic rings. The summed E-state index contributed by atoms with van der Waals surface area (Å²) in [6, 6.07) is 9.64. The number of aryl methyl sites for hydroxylation is 2. The number of nitrogens with one attached hydrogen (secondary N) is 2. The van der Waals surface area contributed by atoms with Crippen molar-refractivity contribution < 1.29 is 9.53 Å². The van der Waals surface area contributed by atoms with E-state index in [1.54, 1.807) is 12.3 Å². The Morgan fingerprint density at radius 3 is 2.73 bits per heavy atom. The number of carbonyl (C=O) groups is 1. The number of rotatable bonds is 6. The minimum Gasteiger partial charge on any atom is -0.383 e. The van der Waals surface area contributed by atoms with Crippen LogP contribution in [0.25, 0.3) is 0 Å². The normalized spacial score (nSPS) is 14.8. The molecule has 0 atom stereocenters. The highest BCUT2D eigenvalue weighted by Crippen LogP contribution is 2.17. The van der Waals surface area contributed by atoms with E-state index >= 15 is 0 Å². The van der Waals surface area contributed by atoms with Crippen molar-refractivity contribution in [1.82, 2.24) is 9.88 Å². The van der Waals surface area contributed by atoms with E-state index in [-0.39, 0.29) is 5.91 Å². The Balaban J connectivity index is 1.51. The van der Waals surface area contributed by atoms with E-state index in [1.807, 2.05) is 38.1 Å². The number of nitrogens with zero attached hydrogens (tertiary/aromatic N) is 2. The minimum absolute atomic E-state index is 0.196. The van der Waals surface area contributed by atoms with Crippen LogP contribution in [0.1, 0.15) is 21.6 Å². The average Bonchev–Trinajstić information content (AvgIpc) is 2.66. The van der Waals surface area contributed by atoms with Crippen molar-refractivity contribution >= 4 is 17.3 Å². The molecule has 0 bridgehead atoms. The van der Waals surface area contributed by atoms with Crippen LogP contribution in [0.4, 0.5) is 11.4 Å². The SMILES string of the molecule is Cc1ccc(C)c(NC(=O)c2ccc(NCCN3CCOCC3)cn2)c1. The Kier molecular flexibility index (Phi) is 6.20. The van der Waals surface area contributed by atoms with Gasteiger partial charge in [0.05, 0.1) is 25.1 Å². The Hall–Kier alpha value is -2.44. The van der Waals surface area contributed by atoms with E-state index in [2.05, 4.69) is 20.5 Å². The first-order chi connectivity index (χ1) is 12.6. The Morgan fingerprint density at radius 1 is 1.19 bits per heavy atom. The maximum atomic E-state index is 12.4. The smallest absolute Gasteiger partial charge is 0.274 e. The summed E-state index contributed by atoms with van der Waals surface area (Å²) < 4.78 is 5.35. The predicted molar refractivity (Wildman–Crippen MR) is 104 cm³/mol. The lowest BCUT2D eigenvalue weighted by atomic mass is 10.1. The molecule has 1 aliphatic rings. The molecule has 0 spiro atoms. The number of hydrogen-bond donors (Lipinski definition) is 2. The molecule has 3 rings (SSSR count). The summed E-state index contributed by atoms with van der Waals surface area (Å²) in [7, 11) is 0. The average molecular weight is 354 g/mol. The predicted octanol–water partition coefficient (Wildman–Crippen LogP) is 2.69. The van der Waals surface area contributed by atoms with Gasteiger partial charge in [-0.1, -0.05) is 12.1 Å². The van der Waals surface area contributed by atoms with Crippen LogP contribution in [-0.2, 0) is 4.74 Å². The molecule has 0 unspecified atom stereocenters. The highest BCUT2D eigenvalue weighted by Gasteiger charge is 2.11. The molecule has 1 saturated heterocycles. The molecule has 1 fully saturated rings. The van der Waals surface area contributed by atoms with Crippen molar-refractivity contribution in [2.24, 2.45) is 0 Å². The molecular formula is C20H26N4O2. The molecular weight excluding hydrogens is 328 g/mol. The first-order valence-corrected chi connectivity index (χ1v) is 9.00. The van der Waals surface area contributed by atoms with Crippen LogP contribution < -0.4 is 10.6 Å². The van der Waals surface area contributed by atoms with E-state index in [4.69, 9.17) is 4.74 Å². The first kappa shape index (κ1) is 18.4. The van der Waals surface area contributed by atoms with E-state index in [0.717, 1.165) is 61.9 Å². The molecule has 1 aromatic heterocycles. The molecule has 6 nitrogen and oxygen atoms in total. The van der Waals surface area contributed by atoms with Crippen LogP contribution in [0.15, 0.2) is 36.5 Å².